The number of aryl methyl sites for hydroxylation is 1. The van der Waals surface area contributed by atoms with Gasteiger partial charge in [-0.3, -0.25) is 0 Å². The Morgan fingerprint density at radius 3 is 2.67 bits per heavy atom. The lowest BCUT2D eigenvalue weighted by atomic mass is 10.1. The van der Waals surface area contributed by atoms with Crippen LogP contribution in [0.2, 0.25) is 5.15 Å². The van der Waals surface area contributed by atoms with Gasteiger partial charge in [-0.1, -0.05) is 23.7 Å². The molecule has 2 rings (SSSR count). The first-order valence-corrected chi connectivity index (χ1v) is 8.24. The van der Waals surface area contributed by atoms with Crippen molar-refractivity contribution in [3.8, 4) is 0 Å². The van der Waals surface area contributed by atoms with E-state index >= 15 is 0 Å². The van der Waals surface area contributed by atoms with Crippen LogP contribution in [0.5, 0.6) is 0 Å². The van der Waals surface area contributed by atoms with Crippen molar-refractivity contribution < 1.29 is 13.5 Å². The molecule has 0 saturated carbocycles. The lowest BCUT2D eigenvalue weighted by Gasteiger charge is -2.18. The van der Waals surface area contributed by atoms with Gasteiger partial charge in [0.25, 0.3) is 0 Å². The number of hydrogen-bond donors (Lipinski definition) is 2. The topological polar surface area (TPSA) is 79.3 Å². The standard InChI is InChI=1S/C14H17ClN2O3S/c1-9-7-10-5-4-6-11(12(10)17-13(9)15)21(19,20)16-8-14(2,3)18/h4-7,16,18H,8H2,1-3H3. The Bertz CT molecular complexity index is 783. The third-order valence-electron chi connectivity index (χ3n) is 2.92. The van der Waals surface area contributed by atoms with Gasteiger partial charge >= 0.3 is 0 Å². The summed E-state index contributed by atoms with van der Waals surface area (Å²) >= 11 is 5.99. The normalized spacial score (nSPS) is 12.8. The van der Waals surface area contributed by atoms with E-state index in [9.17, 15) is 13.5 Å². The second kappa shape index (κ2) is 5.53. The molecule has 1 heterocycles. The first-order chi connectivity index (χ1) is 9.60. The first-order valence-electron chi connectivity index (χ1n) is 6.38. The maximum absolute atomic E-state index is 12.4. The molecule has 0 fully saturated rings. The highest BCUT2D eigenvalue weighted by atomic mass is 35.5. The molecule has 1 aromatic carbocycles. The lowest BCUT2D eigenvalue weighted by molar-refractivity contribution is 0.0857. The van der Waals surface area contributed by atoms with E-state index in [0.29, 0.717) is 10.9 Å². The smallest absolute Gasteiger partial charge is 0.242 e. The molecule has 0 aliphatic heterocycles. The highest BCUT2D eigenvalue weighted by molar-refractivity contribution is 7.89. The number of nitrogens with zero attached hydrogens (tertiary/aromatic N) is 1. The summed E-state index contributed by atoms with van der Waals surface area (Å²) in [6.45, 7) is 4.77. The number of rotatable bonds is 4. The van der Waals surface area contributed by atoms with Crippen LogP contribution in [0.1, 0.15) is 19.4 Å². The van der Waals surface area contributed by atoms with E-state index in [1.54, 1.807) is 18.2 Å². The van der Waals surface area contributed by atoms with Crippen LogP contribution in [0.15, 0.2) is 29.2 Å². The predicted molar refractivity (Wildman–Crippen MR) is 83.0 cm³/mol. The van der Waals surface area contributed by atoms with E-state index < -0.39 is 15.6 Å². The number of benzene rings is 1. The van der Waals surface area contributed by atoms with Crippen molar-refractivity contribution in [3.63, 3.8) is 0 Å². The molecular formula is C14H17ClN2O3S. The fourth-order valence-electron chi connectivity index (χ4n) is 1.82. The van der Waals surface area contributed by atoms with Gasteiger partial charge in [0.1, 0.15) is 10.0 Å². The zero-order valence-corrected chi connectivity index (χ0v) is 13.6. The number of fused-ring (bicyclic) bond motifs is 1. The molecule has 114 valence electrons. The summed E-state index contributed by atoms with van der Waals surface area (Å²) < 4.78 is 27.1. The summed E-state index contributed by atoms with van der Waals surface area (Å²) in [7, 11) is -3.78. The molecule has 0 spiro atoms. The van der Waals surface area contributed by atoms with E-state index in [4.69, 9.17) is 11.6 Å². The molecular weight excluding hydrogens is 312 g/mol. The van der Waals surface area contributed by atoms with Gasteiger partial charge in [-0.2, -0.15) is 0 Å². The molecule has 0 aliphatic rings. The molecule has 0 unspecified atom stereocenters. The molecule has 5 nitrogen and oxygen atoms in total. The SMILES string of the molecule is Cc1cc2cccc(S(=O)(=O)NCC(C)(C)O)c2nc1Cl. The number of para-hydroxylation sites is 1. The lowest BCUT2D eigenvalue weighted by Crippen LogP contribution is -2.38. The molecule has 0 bridgehead atoms. The Balaban J connectivity index is 2.53. The molecule has 7 heteroatoms. The van der Waals surface area contributed by atoms with Crippen LogP contribution in [0.4, 0.5) is 0 Å². The largest absolute Gasteiger partial charge is 0.389 e. The van der Waals surface area contributed by atoms with Crippen molar-refractivity contribution in [2.45, 2.75) is 31.3 Å². The van der Waals surface area contributed by atoms with Crippen LogP contribution >= 0.6 is 11.6 Å². The van der Waals surface area contributed by atoms with Crippen LogP contribution in [0, 0.1) is 6.92 Å². The predicted octanol–water partition coefficient (Wildman–Crippen LogP) is 2.25. The Labute approximate surface area is 129 Å². The highest BCUT2D eigenvalue weighted by Crippen LogP contribution is 2.25. The third-order valence-corrected chi connectivity index (χ3v) is 4.74. The summed E-state index contributed by atoms with van der Waals surface area (Å²) in [5.74, 6) is 0. The summed E-state index contributed by atoms with van der Waals surface area (Å²) in [5, 5.41) is 10.6. The second-order valence-corrected chi connectivity index (χ2v) is 7.65. The third kappa shape index (κ3) is 3.71. The molecule has 1 aromatic heterocycles. The minimum absolute atomic E-state index is 0.0474. The zero-order chi connectivity index (χ0) is 15.8. The quantitative estimate of drug-likeness (QED) is 0.844. The number of pyridine rings is 1. The molecule has 0 amide bonds. The average Bonchev–Trinajstić information content (AvgIpc) is 2.36. The van der Waals surface area contributed by atoms with E-state index in [-0.39, 0.29) is 16.6 Å². The molecule has 2 aromatic rings. The summed E-state index contributed by atoms with van der Waals surface area (Å²) in [4.78, 5) is 4.22. The van der Waals surface area contributed by atoms with Gasteiger partial charge in [0.05, 0.1) is 11.1 Å². The number of aromatic nitrogens is 1. The molecule has 2 N–H and O–H groups in total. The maximum Gasteiger partial charge on any atom is 0.242 e. The number of sulfonamides is 1. The van der Waals surface area contributed by atoms with Crippen LogP contribution in [-0.2, 0) is 10.0 Å². The molecule has 0 radical (unpaired) electrons. The van der Waals surface area contributed by atoms with Gasteiger partial charge in [0.15, 0.2) is 0 Å². The fourth-order valence-corrected chi connectivity index (χ4v) is 3.33. The Morgan fingerprint density at radius 2 is 2.05 bits per heavy atom. The van der Waals surface area contributed by atoms with E-state index in [0.717, 1.165) is 5.56 Å². The van der Waals surface area contributed by atoms with Crippen molar-refractivity contribution in [3.05, 3.63) is 35.0 Å². The Morgan fingerprint density at radius 1 is 1.38 bits per heavy atom. The average molecular weight is 329 g/mol. The molecule has 21 heavy (non-hydrogen) atoms. The second-order valence-electron chi connectivity index (χ2n) is 5.56. The van der Waals surface area contributed by atoms with Gasteiger partial charge < -0.3 is 5.11 Å². The van der Waals surface area contributed by atoms with Crippen molar-refractivity contribution in [1.82, 2.24) is 9.71 Å². The van der Waals surface area contributed by atoms with Crippen LogP contribution in [0.3, 0.4) is 0 Å². The minimum Gasteiger partial charge on any atom is -0.389 e. The van der Waals surface area contributed by atoms with Crippen molar-refractivity contribution in [1.29, 1.82) is 0 Å². The molecule has 0 atom stereocenters. The van der Waals surface area contributed by atoms with Gasteiger partial charge in [-0.15, -0.1) is 0 Å². The number of nitrogens with one attached hydrogen (secondary N) is 1. The van der Waals surface area contributed by atoms with Crippen LogP contribution < -0.4 is 4.72 Å². The number of halogens is 1. The van der Waals surface area contributed by atoms with Gasteiger partial charge in [0.2, 0.25) is 10.0 Å². The van der Waals surface area contributed by atoms with Crippen LogP contribution in [-0.4, -0.2) is 30.7 Å². The summed E-state index contributed by atoms with van der Waals surface area (Å²) in [6.07, 6.45) is 0. The highest BCUT2D eigenvalue weighted by Gasteiger charge is 2.22. The monoisotopic (exact) mass is 328 g/mol. The van der Waals surface area contributed by atoms with Gasteiger partial charge in [0, 0.05) is 11.9 Å². The summed E-state index contributed by atoms with van der Waals surface area (Å²) in [5.41, 5.74) is -0.0428. The summed E-state index contributed by atoms with van der Waals surface area (Å²) in [6, 6.07) is 6.68. The Hall–Kier alpha value is -1.21. The van der Waals surface area contributed by atoms with Crippen molar-refractivity contribution in [2.75, 3.05) is 6.54 Å². The number of aliphatic hydroxyl groups is 1. The van der Waals surface area contributed by atoms with Gasteiger partial charge in [-0.05, 0) is 38.5 Å². The molecule has 0 aliphatic carbocycles. The zero-order valence-electron chi connectivity index (χ0n) is 12.0. The Kier molecular flexibility index (Phi) is 4.26. The van der Waals surface area contributed by atoms with Gasteiger partial charge in [-0.25, -0.2) is 18.1 Å². The van der Waals surface area contributed by atoms with E-state index in [1.807, 2.05) is 6.92 Å². The van der Waals surface area contributed by atoms with E-state index in [2.05, 4.69) is 9.71 Å². The van der Waals surface area contributed by atoms with Crippen LogP contribution in [0.25, 0.3) is 10.9 Å². The van der Waals surface area contributed by atoms with E-state index in [1.165, 1.54) is 19.9 Å². The van der Waals surface area contributed by atoms with Crippen molar-refractivity contribution >= 4 is 32.5 Å². The number of hydrogen-bond acceptors (Lipinski definition) is 4. The maximum atomic E-state index is 12.4. The first kappa shape index (κ1) is 16.2. The molecule has 0 saturated heterocycles. The fraction of sp³-hybridized carbons (Fsp3) is 0.357. The van der Waals surface area contributed by atoms with Crippen molar-refractivity contribution in [2.24, 2.45) is 0 Å². The minimum atomic E-state index is -3.78.